The van der Waals surface area contributed by atoms with Crippen molar-refractivity contribution in [2.75, 3.05) is 6.61 Å². The van der Waals surface area contributed by atoms with Gasteiger partial charge in [0.05, 0.1) is 6.61 Å². The van der Waals surface area contributed by atoms with Gasteiger partial charge in [0, 0.05) is 11.1 Å². The lowest BCUT2D eigenvalue weighted by Crippen LogP contribution is -2.31. The van der Waals surface area contributed by atoms with E-state index in [1.54, 1.807) is 0 Å². The maximum Gasteiger partial charge on any atom is 0.205 e. The lowest BCUT2D eigenvalue weighted by atomic mass is 9.77. The van der Waals surface area contributed by atoms with Gasteiger partial charge in [-0.25, -0.2) is 0 Å². The molecule has 0 spiro atoms. The molecule has 0 saturated heterocycles. The number of hydrogen-bond acceptors (Lipinski definition) is 2. The van der Waals surface area contributed by atoms with Gasteiger partial charge in [0.1, 0.15) is 6.10 Å². The summed E-state index contributed by atoms with van der Waals surface area (Å²) in [6.07, 6.45) is 12.5. The van der Waals surface area contributed by atoms with E-state index < -0.39 is 11.6 Å². The zero-order valence-electron chi connectivity index (χ0n) is 14.8. The van der Waals surface area contributed by atoms with E-state index in [0.717, 1.165) is 30.7 Å². The van der Waals surface area contributed by atoms with Gasteiger partial charge in [-0.3, -0.25) is 0 Å². The Balaban J connectivity index is 1.56. The van der Waals surface area contributed by atoms with E-state index in [4.69, 9.17) is 9.47 Å². The van der Waals surface area contributed by atoms with E-state index in [0.29, 0.717) is 24.5 Å². The van der Waals surface area contributed by atoms with Crippen LogP contribution in [0.2, 0.25) is 0 Å². The van der Waals surface area contributed by atoms with Crippen molar-refractivity contribution in [1.29, 1.82) is 0 Å². The lowest BCUT2D eigenvalue weighted by Gasteiger charge is -2.35. The molecule has 0 N–H and O–H groups in total. The van der Waals surface area contributed by atoms with Crippen LogP contribution >= 0.6 is 0 Å². The molecule has 1 aromatic carbocycles. The molecule has 1 aromatic rings. The van der Waals surface area contributed by atoms with Crippen molar-refractivity contribution in [3.05, 3.63) is 28.8 Å². The summed E-state index contributed by atoms with van der Waals surface area (Å²) in [4.78, 5) is 0. The maximum absolute atomic E-state index is 14.6. The molecule has 1 unspecified atom stereocenters. The van der Waals surface area contributed by atoms with Crippen LogP contribution < -0.4 is 9.47 Å². The van der Waals surface area contributed by atoms with Crippen molar-refractivity contribution in [2.45, 2.75) is 64.4 Å². The van der Waals surface area contributed by atoms with Gasteiger partial charge in [-0.1, -0.05) is 38.7 Å². The van der Waals surface area contributed by atoms with Crippen molar-refractivity contribution in [1.82, 2.24) is 0 Å². The first-order valence-electron chi connectivity index (χ1n) is 9.70. The van der Waals surface area contributed by atoms with Crippen LogP contribution in [0, 0.1) is 23.5 Å². The molecule has 3 aliphatic rings. The second kappa shape index (κ2) is 6.97. The highest BCUT2D eigenvalue weighted by Gasteiger charge is 2.34. The van der Waals surface area contributed by atoms with E-state index in [2.05, 4.69) is 6.92 Å². The van der Waals surface area contributed by atoms with Crippen molar-refractivity contribution in [2.24, 2.45) is 11.8 Å². The van der Waals surface area contributed by atoms with Crippen molar-refractivity contribution >= 4 is 6.08 Å². The zero-order valence-corrected chi connectivity index (χ0v) is 14.8. The van der Waals surface area contributed by atoms with Crippen LogP contribution in [0.15, 0.2) is 6.08 Å². The Hall–Kier alpha value is -1.58. The molecular formula is C21H26F2O2. The molecule has 4 rings (SSSR count). The molecule has 0 bridgehead atoms. The van der Waals surface area contributed by atoms with Crippen molar-refractivity contribution < 1.29 is 18.3 Å². The molecule has 1 saturated carbocycles. The Morgan fingerprint density at radius 2 is 1.84 bits per heavy atom. The van der Waals surface area contributed by atoms with Gasteiger partial charge < -0.3 is 9.47 Å². The van der Waals surface area contributed by atoms with E-state index in [1.807, 2.05) is 12.2 Å². The first-order chi connectivity index (χ1) is 12.2. The summed E-state index contributed by atoms with van der Waals surface area (Å²) >= 11 is 0. The topological polar surface area (TPSA) is 18.5 Å². The number of rotatable bonds is 3. The lowest BCUT2D eigenvalue weighted by molar-refractivity contribution is 0.119. The first-order valence-corrected chi connectivity index (χ1v) is 9.70. The number of halogens is 2. The Morgan fingerprint density at radius 1 is 1.08 bits per heavy atom. The SMILES string of the molecule is CCCC1CCC(C2C=Cc3c4c(c(F)c(F)c3O2)OCCC4)CC1. The molecule has 2 aliphatic heterocycles. The Kier molecular flexibility index (Phi) is 4.70. The average molecular weight is 348 g/mol. The van der Waals surface area contributed by atoms with E-state index in [-0.39, 0.29) is 17.6 Å². The zero-order chi connectivity index (χ0) is 17.4. The van der Waals surface area contributed by atoms with Crippen LogP contribution in [0.1, 0.15) is 63.0 Å². The highest BCUT2D eigenvalue weighted by atomic mass is 19.2. The average Bonchev–Trinajstić information content (AvgIpc) is 2.66. The summed E-state index contributed by atoms with van der Waals surface area (Å²) in [6.45, 7) is 2.67. The maximum atomic E-state index is 14.6. The fourth-order valence-corrected chi connectivity index (χ4v) is 4.66. The molecule has 1 atom stereocenters. The number of ether oxygens (including phenoxy) is 2. The van der Waals surface area contributed by atoms with Crippen molar-refractivity contribution in [3.8, 4) is 11.5 Å². The molecule has 25 heavy (non-hydrogen) atoms. The van der Waals surface area contributed by atoms with Gasteiger partial charge in [0.25, 0.3) is 0 Å². The molecule has 0 amide bonds. The molecule has 4 heteroatoms. The molecule has 1 aliphatic carbocycles. The predicted octanol–water partition coefficient (Wildman–Crippen LogP) is 5.67. The monoisotopic (exact) mass is 348 g/mol. The van der Waals surface area contributed by atoms with Crippen LogP contribution in [-0.2, 0) is 6.42 Å². The summed E-state index contributed by atoms with van der Waals surface area (Å²) in [6, 6.07) is 0. The predicted molar refractivity (Wildman–Crippen MR) is 94.0 cm³/mol. The van der Waals surface area contributed by atoms with Gasteiger partial charge in [0.2, 0.25) is 11.6 Å². The first kappa shape index (κ1) is 16.9. The van der Waals surface area contributed by atoms with Crippen LogP contribution in [0.4, 0.5) is 8.78 Å². The minimum Gasteiger partial charge on any atom is -0.490 e. The number of hydrogen-bond donors (Lipinski definition) is 0. The van der Waals surface area contributed by atoms with E-state index in [9.17, 15) is 8.78 Å². The summed E-state index contributed by atoms with van der Waals surface area (Å²) in [7, 11) is 0. The Morgan fingerprint density at radius 3 is 2.60 bits per heavy atom. The van der Waals surface area contributed by atoms with Crippen LogP contribution in [-0.4, -0.2) is 12.7 Å². The minimum atomic E-state index is -0.898. The summed E-state index contributed by atoms with van der Waals surface area (Å²) in [5.41, 5.74) is 1.42. The molecular weight excluding hydrogens is 322 g/mol. The fourth-order valence-electron chi connectivity index (χ4n) is 4.66. The molecule has 0 radical (unpaired) electrons. The van der Waals surface area contributed by atoms with E-state index >= 15 is 0 Å². The van der Waals surface area contributed by atoms with Crippen LogP contribution in [0.5, 0.6) is 11.5 Å². The smallest absolute Gasteiger partial charge is 0.205 e. The molecule has 136 valence electrons. The minimum absolute atomic E-state index is 0.0780. The third-order valence-electron chi connectivity index (χ3n) is 6.01. The standard InChI is InChI=1S/C21H26F2O2/c1-2-4-13-6-8-14(9-7-13)17-11-10-16-15-5-3-12-24-20(15)18(22)19(23)21(16)25-17/h10-11,13-14,17H,2-9,12H2,1H3. The third-order valence-corrected chi connectivity index (χ3v) is 6.01. The number of benzene rings is 1. The second-order valence-electron chi connectivity index (χ2n) is 7.64. The van der Waals surface area contributed by atoms with E-state index in [1.165, 1.54) is 25.7 Å². The second-order valence-corrected chi connectivity index (χ2v) is 7.64. The summed E-state index contributed by atoms with van der Waals surface area (Å²) in [5, 5.41) is 0. The largest absolute Gasteiger partial charge is 0.490 e. The third kappa shape index (κ3) is 3.04. The highest BCUT2D eigenvalue weighted by Crippen LogP contribution is 2.44. The Labute approximate surface area is 148 Å². The Bertz CT molecular complexity index is 675. The molecule has 1 fully saturated rings. The van der Waals surface area contributed by atoms with Gasteiger partial charge >= 0.3 is 0 Å². The van der Waals surface area contributed by atoms with Gasteiger partial charge in [-0.2, -0.15) is 8.78 Å². The quantitative estimate of drug-likeness (QED) is 0.700. The van der Waals surface area contributed by atoms with Crippen LogP contribution in [0.25, 0.3) is 6.08 Å². The van der Waals surface area contributed by atoms with Crippen LogP contribution in [0.3, 0.4) is 0 Å². The summed E-state index contributed by atoms with van der Waals surface area (Å²) in [5.74, 6) is -0.412. The molecule has 0 aromatic heterocycles. The summed E-state index contributed by atoms with van der Waals surface area (Å²) < 4.78 is 40.3. The van der Waals surface area contributed by atoms with Crippen molar-refractivity contribution in [3.63, 3.8) is 0 Å². The van der Waals surface area contributed by atoms with Gasteiger partial charge in [-0.05, 0) is 43.6 Å². The molecule has 2 heterocycles. The fraction of sp³-hybridized carbons (Fsp3) is 0.619. The highest BCUT2D eigenvalue weighted by molar-refractivity contribution is 5.68. The number of fused-ring (bicyclic) bond motifs is 3. The molecule has 2 nitrogen and oxygen atoms in total. The normalized spacial score (nSPS) is 27.9. The van der Waals surface area contributed by atoms with Gasteiger partial charge in [-0.15, -0.1) is 0 Å². The van der Waals surface area contributed by atoms with Gasteiger partial charge in [0.15, 0.2) is 11.5 Å².